The lowest BCUT2D eigenvalue weighted by molar-refractivity contribution is -0.121. The van der Waals surface area contributed by atoms with Crippen molar-refractivity contribution >= 4 is 5.91 Å². The summed E-state index contributed by atoms with van der Waals surface area (Å²) in [6.07, 6.45) is 0.295. The van der Waals surface area contributed by atoms with Crippen LogP contribution in [0.15, 0.2) is 48.5 Å². The summed E-state index contributed by atoms with van der Waals surface area (Å²) >= 11 is 0. The van der Waals surface area contributed by atoms with Crippen LogP contribution >= 0.6 is 0 Å². The predicted octanol–water partition coefficient (Wildman–Crippen LogP) is 3.40. The number of nitrogens with one attached hydrogen (secondary N) is 1. The highest BCUT2D eigenvalue weighted by Crippen LogP contribution is 2.21. The monoisotopic (exact) mass is 317 g/mol. The number of aliphatic hydroxyl groups excluding tert-OH is 1. The highest BCUT2D eigenvalue weighted by Gasteiger charge is 2.04. The maximum absolute atomic E-state index is 12.8. The number of benzene rings is 2. The van der Waals surface area contributed by atoms with Crippen LogP contribution in [0.4, 0.5) is 4.39 Å². The maximum atomic E-state index is 12.8. The molecule has 5 heteroatoms. The van der Waals surface area contributed by atoms with Gasteiger partial charge in [-0.1, -0.05) is 12.1 Å². The first kappa shape index (κ1) is 17.0. The third kappa shape index (κ3) is 6.08. The average molecular weight is 317 g/mol. The van der Waals surface area contributed by atoms with E-state index in [1.807, 2.05) is 12.1 Å². The van der Waals surface area contributed by atoms with E-state index in [1.165, 1.54) is 12.1 Å². The summed E-state index contributed by atoms with van der Waals surface area (Å²) in [4.78, 5) is 11.6. The Labute approximate surface area is 134 Å². The summed E-state index contributed by atoms with van der Waals surface area (Å²) in [5, 5.41) is 11.9. The van der Waals surface area contributed by atoms with Crippen molar-refractivity contribution in [1.29, 1.82) is 0 Å². The number of carbonyl (C=O) groups is 1. The van der Waals surface area contributed by atoms with Crippen LogP contribution in [0.5, 0.6) is 11.5 Å². The van der Waals surface area contributed by atoms with Gasteiger partial charge in [-0.2, -0.15) is 0 Å². The number of hydrogen-bond donors (Lipinski definition) is 2. The fourth-order valence-electron chi connectivity index (χ4n) is 1.94. The summed E-state index contributed by atoms with van der Waals surface area (Å²) in [5.74, 6) is 0.808. The van der Waals surface area contributed by atoms with Crippen LogP contribution in [0.2, 0.25) is 0 Å². The Kier molecular flexibility index (Phi) is 6.11. The molecule has 0 aliphatic heterocycles. The van der Waals surface area contributed by atoms with E-state index in [4.69, 9.17) is 9.84 Å². The molecule has 4 nitrogen and oxygen atoms in total. The van der Waals surface area contributed by atoms with Crippen molar-refractivity contribution in [3.05, 3.63) is 59.9 Å². The number of ether oxygens (including phenoxy) is 1. The van der Waals surface area contributed by atoms with Crippen LogP contribution in [0.1, 0.15) is 25.3 Å². The lowest BCUT2D eigenvalue weighted by Gasteiger charge is -2.08. The summed E-state index contributed by atoms with van der Waals surface area (Å²) in [5.41, 5.74) is 0.946. The molecule has 0 heterocycles. The Morgan fingerprint density at radius 2 is 1.70 bits per heavy atom. The molecule has 1 amide bonds. The first-order valence-electron chi connectivity index (χ1n) is 7.50. The van der Waals surface area contributed by atoms with Crippen molar-refractivity contribution in [1.82, 2.24) is 5.32 Å². The second kappa shape index (κ2) is 8.29. The maximum Gasteiger partial charge on any atom is 0.220 e. The smallest absolute Gasteiger partial charge is 0.220 e. The highest BCUT2D eigenvalue weighted by molar-refractivity contribution is 5.75. The third-order valence-corrected chi connectivity index (χ3v) is 3.25. The second-order valence-electron chi connectivity index (χ2n) is 5.36. The zero-order valence-electron chi connectivity index (χ0n) is 13.0. The van der Waals surface area contributed by atoms with Gasteiger partial charge in [0.2, 0.25) is 5.91 Å². The molecule has 23 heavy (non-hydrogen) atoms. The molecular weight excluding hydrogens is 297 g/mol. The van der Waals surface area contributed by atoms with Crippen LogP contribution in [0.3, 0.4) is 0 Å². The minimum Gasteiger partial charge on any atom is -0.457 e. The van der Waals surface area contributed by atoms with E-state index in [2.05, 4.69) is 5.32 Å². The van der Waals surface area contributed by atoms with Gasteiger partial charge in [0.1, 0.15) is 17.3 Å². The number of rotatable bonds is 7. The van der Waals surface area contributed by atoms with Gasteiger partial charge in [-0.05, 0) is 55.3 Å². The molecule has 0 aliphatic rings. The zero-order chi connectivity index (χ0) is 16.7. The first-order chi connectivity index (χ1) is 11.0. The molecule has 2 aromatic rings. The molecule has 0 spiro atoms. The van der Waals surface area contributed by atoms with Gasteiger partial charge < -0.3 is 15.2 Å². The summed E-state index contributed by atoms with van der Waals surface area (Å²) in [7, 11) is 0. The lowest BCUT2D eigenvalue weighted by atomic mass is 10.2. The van der Waals surface area contributed by atoms with Crippen LogP contribution in [0, 0.1) is 5.82 Å². The Balaban J connectivity index is 1.82. The number of hydrogen-bond acceptors (Lipinski definition) is 3. The number of carbonyl (C=O) groups excluding carboxylic acids is 1. The number of aliphatic hydroxyl groups is 1. The van der Waals surface area contributed by atoms with Crippen LogP contribution in [0.25, 0.3) is 0 Å². The molecule has 0 saturated heterocycles. The molecule has 0 saturated carbocycles. The Bertz CT molecular complexity index is 624. The molecule has 2 N–H and O–H groups in total. The van der Waals surface area contributed by atoms with E-state index >= 15 is 0 Å². The molecule has 0 bridgehead atoms. The van der Waals surface area contributed by atoms with Crippen molar-refractivity contribution in [3.8, 4) is 11.5 Å². The number of amides is 1. The highest BCUT2D eigenvalue weighted by atomic mass is 19.1. The van der Waals surface area contributed by atoms with Gasteiger partial charge in [0, 0.05) is 13.0 Å². The van der Waals surface area contributed by atoms with E-state index in [9.17, 15) is 9.18 Å². The van der Waals surface area contributed by atoms with Crippen LogP contribution < -0.4 is 10.1 Å². The third-order valence-electron chi connectivity index (χ3n) is 3.25. The Morgan fingerprint density at radius 3 is 2.26 bits per heavy atom. The summed E-state index contributed by atoms with van der Waals surface area (Å²) in [6.45, 7) is 2.09. The molecule has 0 aromatic heterocycles. The SMILES string of the molecule is C[C@@H](O)CCC(=O)NCc1ccc(Oc2ccc(F)cc2)cc1. The molecular formula is C18H20FNO3. The van der Waals surface area contributed by atoms with Crippen molar-refractivity contribution in [2.45, 2.75) is 32.4 Å². The standard InChI is InChI=1S/C18H20FNO3/c1-13(21)2-11-18(22)20-12-14-3-7-16(8-4-14)23-17-9-5-15(19)6-10-17/h3-10,13,21H,2,11-12H2,1H3,(H,20,22)/t13-/m1/s1. The van der Waals surface area contributed by atoms with Gasteiger partial charge in [-0.25, -0.2) is 4.39 Å². The van der Waals surface area contributed by atoms with E-state index in [0.717, 1.165) is 5.56 Å². The predicted molar refractivity (Wildman–Crippen MR) is 85.7 cm³/mol. The topological polar surface area (TPSA) is 58.6 Å². The summed E-state index contributed by atoms with van der Waals surface area (Å²) in [6, 6.07) is 13.1. The molecule has 0 unspecified atom stereocenters. The van der Waals surface area contributed by atoms with Gasteiger partial charge in [0.05, 0.1) is 6.10 Å². The second-order valence-corrected chi connectivity index (χ2v) is 5.36. The molecule has 2 aromatic carbocycles. The molecule has 122 valence electrons. The Hall–Kier alpha value is -2.40. The molecule has 0 fully saturated rings. The lowest BCUT2D eigenvalue weighted by Crippen LogP contribution is -2.23. The van der Waals surface area contributed by atoms with Gasteiger partial charge in [-0.15, -0.1) is 0 Å². The van der Waals surface area contributed by atoms with Crippen molar-refractivity contribution in [3.63, 3.8) is 0 Å². The normalized spacial score (nSPS) is 11.8. The molecule has 0 radical (unpaired) electrons. The largest absolute Gasteiger partial charge is 0.457 e. The summed E-state index contributed by atoms with van der Waals surface area (Å²) < 4.78 is 18.4. The van der Waals surface area contributed by atoms with Gasteiger partial charge >= 0.3 is 0 Å². The van der Waals surface area contributed by atoms with Crippen molar-refractivity contribution in [2.75, 3.05) is 0 Å². The van der Waals surface area contributed by atoms with Gasteiger partial charge in [0.15, 0.2) is 0 Å². The van der Waals surface area contributed by atoms with Gasteiger partial charge in [0.25, 0.3) is 0 Å². The minimum atomic E-state index is -0.469. The first-order valence-corrected chi connectivity index (χ1v) is 7.50. The number of halogens is 1. The van der Waals surface area contributed by atoms with Crippen LogP contribution in [-0.2, 0) is 11.3 Å². The van der Waals surface area contributed by atoms with Crippen molar-refractivity contribution in [2.24, 2.45) is 0 Å². The van der Waals surface area contributed by atoms with E-state index in [-0.39, 0.29) is 11.7 Å². The zero-order valence-corrected chi connectivity index (χ0v) is 13.0. The van der Waals surface area contributed by atoms with Crippen LogP contribution in [-0.4, -0.2) is 17.1 Å². The van der Waals surface area contributed by atoms with Crippen molar-refractivity contribution < 1.29 is 19.0 Å². The van der Waals surface area contributed by atoms with E-state index in [1.54, 1.807) is 31.2 Å². The molecule has 0 aliphatic carbocycles. The molecule has 1 atom stereocenters. The Morgan fingerprint density at radius 1 is 1.13 bits per heavy atom. The van der Waals surface area contributed by atoms with E-state index < -0.39 is 6.10 Å². The van der Waals surface area contributed by atoms with E-state index in [0.29, 0.717) is 30.9 Å². The average Bonchev–Trinajstić information content (AvgIpc) is 2.54. The minimum absolute atomic E-state index is 0.0856. The fraction of sp³-hybridized carbons (Fsp3) is 0.278. The molecule has 2 rings (SSSR count). The quantitative estimate of drug-likeness (QED) is 0.823. The van der Waals surface area contributed by atoms with Gasteiger partial charge in [-0.3, -0.25) is 4.79 Å². The fourth-order valence-corrected chi connectivity index (χ4v) is 1.94.